The molecule has 3 atom stereocenters. The SMILES string of the molecule is CC1OCCC1N(C)C(C)C(=O)Nc1ccc(Cl)c(N)c1. The Bertz CT molecular complexity index is 524. The normalized spacial score (nSPS) is 23.3. The predicted octanol–water partition coefficient (Wildman–Crippen LogP) is 2.36. The Morgan fingerprint density at radius 3 is 2.86 bits per heavy atom. The predicted molar refractivity (Wildman–Crippen MR) is 85.5 cm³/mol. The molecule has 3 unspecified atom stereocenters. The molecule has 1 aromatic rings. The third-order valence-electron chi connectivity index (χ3n) is 4.11. The average Bonchev–Trinajstić information content (AvgIpc) is 2.87. The van der Waals surface area contributed by atoms with Gasteiger partial charge in [-0.2, -0.15) is 0 Å². The number of hydrogen-bond acceptors (Lipinski definition) is 4. The number of nitrogens with one attached hydrogen (secondary N) is 1. The van der Waals surface area contributed by atoms with Crippen LogP contribution in [0.5, 0.6) is 0 Å². The first-order valence-electron chi connectivity index (χ1n) is 7.09. The Hall–Kier alpha value is -1.30. The lowest BCUT2D eigenvalue weighted by Gasteiger charge is -2.31. The molecule has 0 radical (unpaired) electrons. The van der Waals surface area contributed by atoms with E-state index in [0.29, 0.717) is 16.4 Å². The number of nitrogens with zero attached hydrogens (tertiary/aromatic N) is 1. The minimum Gasteiger partial charge on any atom is -0.397 e. The first-order chi connectivity index (χ1) is 9.90. The summed E-state index contributed by atoms with van der Waals surface area (Å²) >= 11 is 5.87. The topological polar surface area (TPSA) is 67.6 Å². The number of likely N-dealkylation sites (N-methyl/N-ethyl adjacent to an activating group) is 1. The van der Waals surface area contributed by atoms with Gasteiger partial charge in [-0.1, -0.05) is 11.6 Å². The highest BCUT2D eigenvalue weighted by molar-refractivity contribution is 6.33. The average molecular weight is 312 g/mol. The maximum Gasteiger partial charge on any atom is 0.241 e. The molecule has 0 aromatic heterocycles. The van der Waals surface area contributed by atoms with E-state index < -0.39 is 0 Å². The smallest absolute Gasteiger partial charge is 0.241 e. The van der Waals surface area contributed by atoms with Crippen LogP contribution in [-0.4, -0.2) is 42.6 Å². The molecule has 0 bridgehead atoms. The van der Waals surface area contributed by atoms with Crippen LogP contribution in [0.1, 0.15) is 20.3 Å². The van der Waals surface area contributed by atoms with Crippen molar-refractivity contribution in [2.24, 2.45) is 0 Å². The summed E-state index contributed by atoms with van der Waals surface area (Å²) < 4.78 is 5.56. The Morgan fingerprint density at radius 1 is 1.57 bits per heavy atom. The van der Waals surface area contributed by atoms with Crippen LogP contribution in [0.15, 0.2) is 18.2 Å². The molecule has 116 valence electrons. The van der Waals surface area contributed by atoms with Gasteiger partial charge in [-0.05, 0) is 45.5 Å². The van der Waals surface area contributed by atoms with E-state index in [-0.39, 0.29) is 24.1 Å². The van der Waals surface area contributed by atoms with Gasteiger partial charge >= 0.3 is 0 Å². The number of anilines is 2. The molecule has 5 nitrogen and oxygen atoms in total. The lowest BCUT2D eigenvalue weighted by atomic mass is 10.1. The van der Waals surface area contributed by atoms with Crippen LogP contribution in [0.25, 0.3) is 0 Å². The van der Waals surface area contributed by atoms with E-state index in [1.807, 2.05) is 20.9 Å². The highest BCUT2D eigenvalue weighted by atomic mass is 35.5. The van der Waals surface area contributed by atoms with Crippen LogP contribution in [-0.2, 0) is 9.53 Å². The van der Waals surface area contributed by atoms with Crippen LogP contribution in [0.3, 0.4) is 0 Å². The number of rotatable bonds is 4. The van der Waals surface area contributed by atoms with Gasteiger partial charge < -0.3 is 15.8 Å². The van der Waals surface area contributed by atoms with Crippen molar-refractivity contribution in [3.63, 3.8) is 0 Å². The second kappa shape index (κ2) is 6.64. The number of nitrogen functional groups attached to an aromatic ring is 1. The van der Waals surface area contributed by atoms with E-state index in [1.54, 1.807) is 18.2 Å². The molecule has 3 N–H and O–H groups in total. The summed E-state index contributed by atoms with van der Waals surface area (Å²) in [6.45, 7) is 4.68. The van der Waals surface area contributed by atoms with E-state index in [9.17, 15) is 4.79 Å². The van der Waals surface area contributed by atoms with Gasteiger partial charge in [0.05, 0.1) is 22.9 Å². The van der Waals surface area contributed by atoms with Crippen LogP contribution in [0.4, 0.5) is 11.4 Å². The fourth-order valence-electron chi connectivity index (χ4n) is 2.60. The van der Waals surface area contributed by atoms with Crippen LogP contribution in [0.2, 0.25) is 5.02 Å². The molecule has 6 heteroatoms. The summed E-state index contributed by atoms with van der Waals surface area (Å²) in [5, 5.41) is 3.35. The fraction of sp³-hybridized carbons (Fsp3) is 0.533. The largest absolute Gasteiger partial charge is 0.397 e. The third-order valence-corrected chi connectivity index (χ3v) is 4.46. The molecule has 2 rings (SSSR count). The minimum absolute atomic E-state index is 0.0710. The quantitative estimate of drug-likeness (QED) is 0.838. The van der Waals surface area contributed by atoms with E-state index in [2.05, 4.69) is 10.2 Å². The lowest BCUT2D eigenvalue weighted by Crippen LogP contribution is -2.47. The van der Waals surface area contributed by atoms with Gasteiger partial charge in [0, 0.05) is 18.3 Å². The van der Waals surface area contributed by atoms with Crippen LogP contribution >= 0.6 is 11.6 Å². The molecule has 0 spiro atoms. The zero-order valence-corrected chi connectivity index (χ0v) is 13.4. The second-order valence-electron chi connectivity index (χ2n) is 5.50. The van der Waals surface area contributed by atoms with E-state index >= 15 is 0 Å². The summed E-state index contributed by atoms with van der Waals surface area (Å²) in [6.07, 6.45) is 1.10. The van der Waals surface area contributed by atoms with Crippen molar-refractivity contribution in [3.8, 4) is 0 Å². The van der Waals surface area contributed by atoms with Crippen molar-refractivity contribution < 1.29 is 9.53 Å². The summed E-state index contributed by atoms with van der Waals surface area (Å²) in [5.41, 5.74) is 6.84. The van der Waals surface area contributed by atoms with Crippen LogP contribution < -0.4 is 11.1 Å². The van der Waals surface area contributed by atoms with Gasteiger partial charge in [-0.25, -0.2) is 0 Å². The van der Waals surface area contributed by atoms with Gasteiger partial charge in [-0.15, -0.1) is 0 Å². The minimum atomic E-state index is -0.254. The standard InChI is InChI=1S/C15H22ClN3O2/c1-9(19(3)14-6-7-21-10(14)2)15(20)18-11-4-5-12(16)13(17)8-11/h4-5,8-10,14H,6-7,17H2,1-3H3,(H,18,20). The summed E-state index contributed by atoms with van der Waals surface area (Å²) in [7, 11) is 1.95. The Kier molecular flexibility index (Phi) is 5.08. The van der Waals surface area contributed by atoms with E-state index in [1.165, 1.54) is 0 Å². The molecule has 1 aliphatic rings. The van der Waals surface area contributed by atoms with Crippen molar-refractivity contribution in [1.82, 2.24) is 4.90 Å². The lowest BCUT2D eigenvalue weighted by molar-refractivity contribution is -0.121. The van der Waals surface area contributed by atoms with Gasteiger partial charge in [0.2, 0.25) is 5.91 Å². The third kappa shape index (κ3) is 3.67. The monoisotopic (exact) mass is 311 g/mol. The highest BCUT2D eigenvalue weighted by Gasteiger charge is 2.32. The van der Waals surface area contributed by atoms with Gasteiger partial charge in [-0.3, -0.25) is 9.69 Å². The van der Waals surface area contributed by atoms with Crippen LogP contribution in [0, 0.1) is 0 Å². The Labute approximate surface area is 130 Å². The zero-order valence-electron chi connectivity index (χ0n) is 12.6. The van der Waals surface area contributed by atoms with Crippen molar-refractivity contribution >= 4 is 28.9 Å². The molecule has 0 saturated carbocycles. The Balaban J connectivity index is 2.00. The molecule has 1 aromatic carbocycles. The number of carbonyl (C=O) groups is 1. The number of ether oxygens (including phenoxy) is 1. The van der Waals surface area contributed by atoms with Crippen molar-refractivity contribution in [3.05, 3.63) is 23.2 Å². The summed E-state index contributed by atoms with van der Waals surface area (Å²) in [4.78, 5) is 14.4. The molecule has 1 saturated heterocycles. The van der Waals surface area contributed by atoms with Gasteiger partial charge in [0.25, 0.3) is 0 Å². The molecule has 1 heterocycles. The first-order valence-corrected chi connectivity index (χ1v) is 7.47. The van der Waals surface area contributed by atoms with Gasteiger partial charge in [0.1, 0.15) is 0 Å². The molecular weight excluding hydrogens is 290 g/mol. The molecule has 0 aliphatic carbocycles. The number of benzene rings is 1. The molecule has 1 aliphatic heterocycles. The summed E-state index contributed by atoms with van der Waals surface area (Å²) in [6, 6.07) is 5.09. The number of hydrogen-bond donors (Lipinski definition) is 2. The first kappa shape index (κ1) is 16.1. The molecule has 1 amide bonds. The Morgan fingerprint density at radius 2 is 2.29 bits per heavy atom. The second-order valence-corrected chi connectivity index (χ2v) is 5.91. The summed E-state index contributed by atoms with van der Waals surface area (Å²) in [5.74, 6) is -0.0710. The number of nitrogens with two attached hydrogens (primary N) is 1. The van der Waals surface area contributed by atoms with Gasteiger partial charge in [0.15, 0.2) is 0 Å². The highest BCUT2D eigenvalue weighted by Crippen LogP contribution is 2.23. The van der Waals surface area contributed by atoms with E-state index in [4.69, 9.17) is 22.1 Å². The molecule has 21 heavy (non-hydrogen) atoms. The van der Waals surface area contributed by atoms with E-state index in [0.717, 1.165) is 13.0 Å². The number of carbonyl (C=O) groups excluding carboxylic acids is 1. The van der Waals surface area contributed by atoms with Crippen molar-refractivity contribution in [1.29, 1.82) is 0 Å². The number of amides is 1. The maximum atomic E-state index is 12.3. The maximum absolute atomic E-state index is 12.3. The zero-order chi connectivity index (χ0) is 15.6. The van der Waals surface area contributed by atoms with Crippen molar-refractivity contribution in [2.45, 2.75) is 38.5 Å². The van der Waals surface area contributed by atoms with Crippen molar-refractivity contribution in [2.75, 3.05) is 24.7 Å². The fourth-order valence-corrected chi connectivity index (χ4v) is 2.71. The number of halogens is 1. The molecular formula is C15H22ClN3O2. The molecule has 1 fully saturated rings.